The Kier molecular flexibility index (Phi) is 4.84. The van der Waals surface area contributed by atoms with Crippen molar-refractivity contribution >= 4 is 0 Å². The fraction of sp³-hybridized carbons (Fsp3) is 0.667. The summed E-state index contributed by atoms with van der Waals surface area (Å²) in [6.45, 7) is 11.2. The van der Waals surface area contributed by atoms with E-state index in [1.165, 1.54) is 22.3 Å². The van der Waals surface area contributed by atoms with Crippen molar-refractivity contribution in [3.8, 4) is 0 Å². The van der Waals surface area contributed by atoms with Crippen molar-refractivity contribution in [2.75, 3.05) is 6.61 Å². The third-order valence-electron chi connectivity index (χ3n) is 3.95. The van der Waals surface area contributed by atoms with Gasteiger partial charge in [-0.05, 0) is 45.3 Å². The zero-order chi connectivity index (χ0) is 10.2. The van der Waals surface area contributed by atoms with Crippen LogP contribution in [0.5, 0.6) is 0 Å². The number of aliphatic hydroxyl groups excluding tert-OH is 1. The van der Waals surface area contributed by atoms with Crippen molar-refractivity contribution in [1.29, 1.82) is 0 Å². The molecule has 0 bridgehead atoms. The monoisotopic (exact) mass is 228 g/mol. The summed E-state index contributed by atoms with van der Waals surface area (Å²) in [4.78, 5) is 0. The molecule has 0 fully saturated rings. The third kappa shape index (κ3) is 1.91. The number of rotatable bonds is 2. The van der Waals surface area contributed by atoms with Crippen LogP contribution >= 0.6 is 0 Å². The number of hydrogen-bond acceptors (Lipinski definition) is 1. The largest absolute Gasteiger partial charge is 0.396 e. The van der Waals surface area contributed by atoms with Crippen molar-refractivity contribution in [2.24, 2.45) is 5.41 Å². The Hall–Kier alpha value is 0.154. The molecule has 0 radical (unpaired) electrons. The molecule has 1 aliphatic carbocycles. The molecule has 78 valence electrons. The molecule has 0 spiro atoms. The normalized spacial score (nSPS) is 20.1. The SMILES string of the molecule is CC1=C(C)C(C)(CCO)C(C)=C1C.[Ti]. The van der Waals surface area contributed by atoms with Crippen LogP contribution in [0.1, 0.15) is 41.0 Å². The van der Waals surface area contributed by atoms with E-state index in [1.54, 1.807) is 0 Å². The molecule has 0 aromatic heterocycles. The van der Waals surface area contributed by atoms with E-state index in [0.717, 1.165) is 6.42 Å². The average molecular weight is 228 g/mol. The van der Waals surface area contributed by atoms with E-state index in [1.807, 2.05) is 0 Å². The Balaban J connectivity index is 0.00000169. The molecule has 0 saturated carbocycles. The summed E-state index contributed by atoms with van der Waals surface area (Å²) in [7, 11) is 0. The fourth-order valence-corrected chi connectivity index (χ4v) is 2.27. The van der Waals surface area contributed by atoms with Gasteiger partial charge in [0.1, 0.15) is 0 Å². The van der Waals surface area contributed by atoms with Gasteiger partial charge in [-0.15, -0.1) is 0 Å². The maximum absolute atomic E-state index is 9.05. The first kappa shape index (κ1) is 14.2. The summed E-state index contributed by atoms with van der Waals surface area (Å²) in [5.74, 6) is 0. The second kappa shape index (κ2) is 4.78. The Labute approximate surface area is 102 Å². The molecule has 1 aliphatic rings. The summed E-state index contributed by atoms with van der Waals surface area (Å²) < 4.78 is 0. The predicted octanol–water partition coefficient (Wildman–Crippen LogP) is 3.06. The van der Waals surface area contributed by atoms with E-state index < -0.39 is 0 Å². The van der Waals surface area contributed by atoms with E-state index in [4.69, 9.17) is 5.11 Å². The van der Waals surface area contributed by atoms with Gasteiger partial charge in [-0.25, -0.2) is 0 Å². The van der Waals surface area contributed by atoms with E-state index in [0.29, 0.717) is 0 Å². The van der Waals surface area contributed by atoms with Crippen molar-refractivity contribution in [3.63, 3.8) is 0 Å². The maximum atomic E-state index is 9.05. The number of allylic oxidation sites excluding steroid dienone is 4. The summed E-state index contributed by atoms with van der Waals surface area (Å²) >= 11 is 0. The van der Waals surface area contributed by atoms with Crippen molar-refractivity contribution in [2.45, 2.75) is 41.0 Å². The molecule has 0 heterocycles. The average Bonchev–Trinajstić information content (AvgIpc) is 2.23. The van der Waals surface area contributed by atoms with Gasteiger partial charge in [-0.1, -0.05) is 18.1 Å². The van der Waals surface area contributed by atoms with Crippen LogP contribution in [-0.4, -0.2) is 11.7 Å². The second-order valence-electron chi connectivity index (χ2n) is 4.31. The van der Waals surface area contributed by atoms with E-state index in [-0.39, 0.29) is 33.7 Å². The molecule has 1 nitrogen and oxygen atoms in total. The summed E-state index contributed by atoms with van der Waals surface area (Å²) in [5.41, 5.74) is 5.79. The van der Waals surface area contributed by atoms with Crippen LogP contribution in [0.2, 0.25) is 0 Å². The standard InChI is InChI=1S/C12H20O.Ti/c1-8-9(2)11(4)12(5,6-7-13)10(8)3;/h13H,6-7H2,1-5H3;. The Morgan fingerprint density at radius 3 is 1.64 bits per heavy atom. The Bertz CT molecular complexity index is 263. The van der Waals surface area contributed by atoms with Crippen LogP contribution in [-0.2, 0) is 21.7 Å². The summed E-state index contributed by atoms with van der Waals surface area (Å²) in [5, 5.41) is 9.05. The fourth-order valence-electron chi connectivity index (χ4n) is 2.27. The molecule has 0 aromatic carbocycles. The van der Waals surface area contributed by atoms with Crippen molar-refractivity contribution < 1.29 is 26.8 Å². The first-order chi connectivity index (χ1) is 5.95. The molecule has 0 amide bonds. The second-order valence-corrected chi connectivity index (χ2v) is 4.31. The van der Waals surface area contributed by atoms with E-state index in [9.17, 15) is 0 Å². The van der Waals surface area contributed by atoms with Crippen molar-refractivity contribution in [3.05, 3.63) is 22.3 Å². The molecule has 0 atom stereocenters. The van der Waals surface area contributed by atoms with E-state index in [2.05, 4.69) is 34.6 Å². The van der Waals surface area contributed by atoms with Crippen LogP contribution in [0, 0.1) is 5.41 Å². The molecule has 2 heteroatoms. The zero-order valence-corrected chi connectivity index (χ0v) is 11.4. The molecule has 0 aliphatic heterocycles. The first-order valence-corrected chi connectivity index (χ1v) is 4.92. The van der Waals surface area contributed by atoms with Crippen LogP contribution in [0.25, 0.3) is 0 Å². The summed E-state index contributed by atoms with van der Waals surface area (Å²) in [6, 6.07) is 0. The molecule has 0 saturated heterocycles. The van der Waals surface area contributed by atoms with Gasteiger partial charge in [0.25, 0.3) is 0 Å². The molecular formula is C12H20OTi. The van der Waals surface area contributed by atoms with Gasteiger partial charge in [0.15, 0.2) is 0 Å². The molecule has 14 heavy (non-hydrogen) atoms. The van der Waals surface area contributed by atoms with Gasteiger partial charge in [0, 0.05) is 33.7 Å². The van der Waals surface area contributed by atoms with Gasteiger partial charge in [0.05, 0.1) is 0 Å². The Morgan fingerprint density at radius 2 is 1.36 bits per heavy atom. The molecule has 0 unspecified atom stereocenters. The van der Waals surface area contributed by atoms with Crippen LogP contribution < -0.4 is 0 Å². The molecular weight excluding hydrogens is 208 g/mol. The summed E-state index contributed by atoms with van der Waals surface area (Å²) in [6.07, 6.45) is 0.847. The minimum atomic E-state index is 0. The molecule has 0 aromatic rings. The zero-order valence-electron chi connectivity index (χ0n) is 9.86. The maximum Gasteiger partial charge on any atom is 0.0442 e. The van der Waals surface area contributed by atoms with Gasteiger partial charge in [0.2, 0.25) is 0 Å². The van der Waals surface area contributed by atoms with Crippen LogP contribution in [0.4, 0.5) is 0 Å². The van der Waals surface area contributed by atoms with Gasteiger partial charge < -0.3 is 5.11 Å². The smallest absolute Gasteiger partial charge is 0.0442 e. The van der Waals surface area contributed by atoms with Crippen LogP contribution in [0.3, 0.4) is 0 Å². The van der Waals surface area contributed by atoms with Gasteiger partial charge in [-0.3, -0.25) is 0 Å². The molecule has 1 rings (SSSR count). The topological polar surface area (TPSA) is 20.2 Å². The van der Waals surface area contributed by atoms with Crippen molar-refractivity contribution in [1.82, 2.24) is 0 Å². The van der Waals surface area contributed by atoms with Crippen LogP contribution in [0.15, 0.2) is 22.3 Å². The number of aliphatic hydroxyl groups is 1. The quantitative estimate of drug-likeness (QED) is 0.720. The number of hydrogen-bond donors (Lipinski definition) is 1. The Morgan fingerprint density at radius 1 is 1.00 bits per heavy atom. The third-order valence-corrected chi connectivity index (χ3v) is 3.95. The molecule has 1 N–H and O–H groups in total. The first-order valence-electron chi connectivity index (χ1n) is 4.92. The predicted molar refractivity (Wildman–Crippen MR) is 56.6 cm³/mol. The van der Waals surface area contributed by atoms with E-state index >= 15 is 0 Å². The van der Waals surface area contributed by atoms with Gasteiger partial charge in [-0.2, -0.15) is 0 Å². The minimum Gasteiger partial charge on any atom is -0.396 e. The minimum absolute atomic E-state index is 0. The van der Waals surface area contributed by atoms with Gasteiger partial charge >= 0.3 is 0 Å².